The largest absolute Gasteiger partial charge is 0.236 e. The van der Waals surface area contributed by atoms with E-state index >= 15 is 0 Å². The van der Waals surface area contributed by atoms with Crippen molar-refractivity contribution < 1.29 is 0 Å². The zero-order chi connectivity index (χ0) is 13.4. The first-order valence-electron chi connectivity index (χ1n) is 6.34. The highest BCUT2D eigenvalue weighted by Crippen LogP contribution is 2.24. The van der Waals surface area contributed by atoms with Crippen LogP contribution in [0.1, 0.15) is 0 Å². The Kier molecular flexibility index (Phi) is 2.39. The zero-order valence-electron chi connectivity index (χ0n) is 10.6. The van der Waals surface area contributed by atoms with Crippen LogP contribution in [0, 0.1) is 0 Å². The van der Waals surface area contributed by atoms with Gasteiger partial charge in [-0.05, 0) is 18.2 Å². The maximum absolute atomic E-state index is 4.37. The molecule has 0 saturated carbocycles. The van der Waals surface area contributed by atoms with Gasteiger partial charge in [-0.25, -0.2) is 9.97 Å². The number of aromatic nitrogens is 4. The predicted octanol–water partition coefficient (Wildman–Crippen LogP) is 3.24. The van der Waals surface area contributed by atoms with Gasteiger partial charge in [-0.2, -0.15) is 0 Å². The summed E-state index contributed by atoms with van der Waals surface area (Å²) in [6.07, 6.45) is 1.56. The minimum absolute atomic E-state index is 0.766. The van der Waals surface area contributed by atoms with Crippen LogP contribution in [-0.2, 0) is 0 Å². The molecule has 0 spiro atoms. The third-order valence-electron chi connectivity index (χ3n) is 3.28. The van der Waals surface area contributed by atoms with Crippen molar-refractivity contribution in [3.8, 4) is 11.4 Å². The third-order valence-corrected chi connectivity index (χ3v) is 3.28. The molecular weight excluding hydrogens is 248 g/mol. The van der Waals surface area contributed by atoms with Gasteiger partial charge in [0.15, 0.2) is 0 Å². The molecule has 2 aromatic heterocycles. The quantitative estimate of drug-likeness (QED) is 0.526. The smallest absolute Gasteiger partial charge is 0.116 e. The molecule has 0 N–H and O–H groups in total. The monoisotopic (exact) mass is 258 g/mol. The van der Waals surface area contributed by atoms with Crippen LogP contribution in [-0.4, -0.2) is 20.2 Å². The Morgan fingerprint density at radius 2 is 1.50 bits per heavy atom. The summed E-state index contributed by atoms with van der Waals surface area (Å²) in [6.45, 7) is 0. The fourth-order valence-corrected chi connectivity index (χ4v) is 2.31. The maximum Gasteiger partial charge on any atom is 0.116 e. The minimum atomic E-state index is 0.766. The number of hydrogen-bond acceptors (Lipinski definition) is 4. The molecule has 0 unspecified atom stereocenters. The summed E-state index contributed by atoms with van der Waals surface area (Å²) in [6, 6.07) is 17.8. The van der Waals surface area contributed by atoms with Crippen LogP contribution in [0.25, 0.3) is 33.2 Å². The Labute approximate surface area is 115 Å². The van der Waals surface area contributed by atoms with Crippen LogP contribution in [0.15, 0.2) is 60.9 Å². The van der Waals surface area contributed by atoms with Gasteiger partial charge in [0.2, 0.25) is 0 Å². The fraction of sp³-hybridized carbons (Fsp3) is 0. The second kappa shape index (κ2) is 4.35. The highest BCUT2D eigenvalue weighted by molar-refractivity contribution is 5.92. The summed E-state index contributed by atoms with van der Waals surface area (Å²) in [5.74, 6) is 0. The van der Waals surface area contributed by atoms with Crippen LogP contribution in [0.5, 0.6) is 0 Å². The van der Waals surface area contributed by atoms with Gasteiger partial charge >= 0.3 is 0 Å². The van der Waals surface area contributed by atoms with Gasteiger partial charge in [0.05, 0.1) is 11.0 Å². The topological polar surface area (TPSA) is 51.6 Å². The molecule has 4 rings (SSSR count). The van der Waals surface area contributed by atoms with Gasteiger partial charge in [0.1, 0.15) is 17.7 Å². The van der Waals surface area contributed by atoms with Crippen molar-refractivity contribution in [1.29, 1.82) is 0 Å². The molecule has 0 aliphatic rings. The van der Waals surface area contributed by atoms with Crippen LogP contribution in [0.2, 0.25) is 0 Å². The fourth-order valence-electron chi connectivity index (χ4n) is 2.31. The molecule has 4 heteroatoms. The Balaban J connectivity index is 2.01. The Hall–Kier alpha value is -2.88. The van der Waals surface area contributed by atoms with Gasteiger partial charge in [-0.15, -0.1) is 10.2 Å². The summed E-state index contributed by atoms with van der Waals surface area (Å²) in [4.78, 5) is 8.64. The second-order valence-electron chi connectivity index (χ2n) is 4.53. The lowest BCUT2D eigenvalue weighted by atomic mass is 10.1. The lowest BCUT2D eigenvalue weighted by Gasteiger charge is -2.04. The summed E-state index contributed by atoms with van der Waals surface area (Å²) in [5.41, 5.74) is 3.37. The van der Waals surface area contributed by atoms with Gasteiger partial charge < -0.3 is 0 Å². The predicted molar refractivity (Wildman–Crippen MR) is 78.1 cm³/mol. The Morgan fingerprint density at radius 3 is 2.45 bits per heavy atom. The van der Waals surface area contributed by atoms with Gasteiger partial charge in [0.25, 0.3) is 0 Å². The SMILES string of the molecule is c1ccc2nnc(-c3ncnc4ccccc34)cc2c1. The molecule has 2 aromatic carbocycles. The minimum Gasteiger partial charge on any atom is -0.236 e. The number of nitrogens with zero attached hydrogens (tertiary/aromatic N) is 4. The van der Waals surface area contributed by atoms with E-state index in [-0.39, 0.29) is 0 Å². The second-order valence-corrected chi connectivity index (χ2v) is 4.53. The molecule has 4 aromatic rings. The number of fused-ring (bicyclic) bond motifs is 2. The van der Waals surface area contributed by atoms with Crippen molar-refractivity contribution in [2.75, 3.05) is 0 Å². The molecule has 2 heterocycles. The summed E-state index contributed by atoms with van der Waals surface area (Å²) >= 11 is 0. The van der Waals surface area contributed by atoms with Crippen molar-refractivity contribution >= 4 is 21.8 Å². The molecule has 94 valence electrons. The van der Waals surface area contributed by atoms with Crippen molar-refractivity contribution in [2.45, 2.75) is 0 Å². The van der Waals surface area contributed by atoms with E-state index < -0.39 is 0 Å². The van der Waals surface area contributed by atoms with E-state index in [1.54, 1.807) is 6.33 Å². The summed E-state index contributed by atoms with van der Waals surface area (Å²) < 4.78 is 0. The lowest BCUT2D eigenvalue weighted by molar-refractivity contribution is 1.07. The average molecular weight is 258 g/mol. The van der Waals surface area contributed by atoms with E-state index in [2.05, 4.69) is 20.2 Å². The normalized spacial score (nSPS) is 11.0. The standard InChI is InChI=1S/C16H10N4/c1-3-7-13-11(5-1)9-15(20-19-13)16-12-6-2-4-8-14(12)17-10-18-16/h1-10H. The average Bonchev–Trinajstić information content (AvgIpc) is 2.54. The number of rotatable bonds is 1. The van der Waals surface area contributed by atoms with Gasteiger partial charge in [-0.1, -0.05) is 36.4 Å². The van der Waals surface area contributed by atoms with E-state index in [4.69, 9.17) is 0 Å². The first-order chi connectivity index (χ1) is 9.92. The summed E-state index contributed by atoms with van der Waals surface area (Å²) in [5, 5.41) is 10.6. The highest BCUT2D eigenvalue weighted by Gasteiger charge is 2.08. The van der Waals surface area contributed by atoms with Crippen LogP contribution in [0.3, 0.4) is 0 Å². The van der Waals surface area contributed by atoms with Gasteiger partial charge in [-0.3, -0.25) is 0 Å². The number of para-hydroxylation sites is 1. The van der Waals surface area contributed by atoms with Crippen LogP contribution >= 0.6 is 0 Å². The molecule has 0 saturated heterocycles. The van der Waals surface area contributed by atoms with Crippen LogP contribution < -0.4 is 0 Å². The molecule has 0 radical (unpaired) electrons. The molecule has 0 atom stereocenters. The molecule has 20 heavy (non-hydrogen) atoms. The van der Waals surface area contributed by atoms with E-state index in [0.717, 1.165) is 33.2 Å². The molecule has 0 amide bonds. The first-order valence-corrected chi connectivity index (χ1v) is 6.34. The first kappa shape index (κ1) is 11.0. The van der Waals surface area contributed by atoms with E-state index in [0.29, 0.717) is 0 Å². The van der Waals surface area contributed by atoms with E-state index in [9.17, 15) is 0 Å². The third kappa shape index (κ3) is 1.70. The molecule has 0 fully saturated rings. The van der Waals surface area contributed by atoms with Gasteiger partial charge in [0, 0.05) is 10.8 Å². The highest BCUT2D eigenvalue weighted by atomic mass is 15.1. The lowest BCUT2D eigenvalue weighted by Crippen LogP contribution is -1.93. The molecule has 4 nitrogen and oxygen atoms in total. The van der Waals surface area contributed by atoms with Crippen molar-refractivity contribution in [2.24, 2.45) is 0 Å². The molecule has 0 aliphatic heterocycles. The van der Waals surface area contributed by atoms with E-state index in [1.165, 1.54) is 0 Å². The van der Waals surface area contributed by atoms with Crippen molar-refractivity contribution in [1.82, 2.24) is 20.2 Å². The van der Waals surface area contributed by atoms with Crippen LogP contribution in [0.4, 0.5) is 0 Å². The van der Waals surface area contributed by atoms with Crippen molar-refractivity contribution in [3.63, 3.8) is 0 Å². The Bertz CT molecular complexity index is 913. The molecular formula is C16H10N4. The maximum atomic E-state index is 4.37. The van der Waals surface area contributed by atoms with E-state index in [1.807, 2.05) is 54.6 Å². The molecule has 0 bridgehead atoms. The van der Waals surface area contributed by atoms with Crippen molar-refractivity contribution in [3.05, 3.63) is 60.9 Å². The number of hydrogen-bond donors (Lipinski definition) is 0. The summed E-state index contributed by atoms with van der Waals surface area (Å²) in [7, 11) is 0. The Morgan fingerprint density at radius 1 is 0.700 bits per heavy atom. The zero-order valence-corrected chi connectivity index (χ0v) is 10.6. The molecule has 0 aliphatic carbocycles. The number of benzene rings is 2.